The number of ether oxygens (including phenoxy) is 1. The van der Waals surface area contributed by atoms with Crippen LogP contribution >= 0.6 is 0 Å². The molecule has 0 aliphatic rings. The molecule has 6 nitrogen and oxygen atoms in total. The number of halogens is 3. The smallest absolute Gasteiger partial charge is 0.481 e. The van der Waals surface area contributed by atoms with Crippen LogP contribution in [0.5, 0.6) is 5.75 Å². The van der Waals surface area contributed by atoms with E-state index in [0.29, 0.717) is 0 Å². The number of carboxylic acids is 1. The maximum Gasteiger partial charge on any atom is 0.573 e. The van der Waals surface area contributed by atoms with Gasteiger partial charge in [0.2, 0.25) is 0 Å². The van der Waals surface area contributed by atoms with Crippen LogP contribution in [0.15, 0.2) is 6.07 Å². The van der Waals surface area contributed by atoms with E-state index in [1.54, 1.807) is 0 Å². The van der Waals surface area contributed by atoms with Crippen LogP contribution in [-0.4, -0.2) is 22.4 Å². The normalized spacial score (nSPS) is 11.3. The summed E-state index contributed by atoms with van der Waals surface area (Å²) in [6.45, 7) is -0.346. The highest BCUT2D eigenvalue weighted by Gasteiger charge is 2.33. The Morgan fingerprint density at radius 3 is 2.56 bits per heavy atom. The molecule has 0 unspecified atom stereocenters. The monoisotopic (exact) mass is 265 g/mol. The largest absolute Gasteiger partial charge is 0.573 e. The lowest BCUT2D eigenvalue weighted by atomic mass is 10.1. The third-order valence-electron chi connectivity index (χ3n) is 1.94. The van der Waals surface area contributed by atoms with Crippen molar-refractivity contribution in [3.63, 3.8) is 0 Å². The summed E-state index contributed by atoms with van der Waals surface area (Å²) < 4.78 is 40.2. The topological polar surface area (TPSA) is 111 Å². The summed E-state index contributed by atoms with van der Waals surface area (Å²) in [6.07, 6.45) is -5.51. The highest BCUT2D eigenvalue weighted by molar-refractivity contribution is 5.70. The van der Waals surface area contributed by atoms with Crippen LogP contribution in [0.3, 0.4) is 0 Å². The van der Waals surface area contributed by atoms with Crippen LogP contribution in [-0.2, 0) is 17.8 Å². The summed E-state index contributed by atoms with van der Waals surface area (Å²) in [4.78, 5) is 14.2. The number of hydrogen-bond acceptors (Lipinski definition) is 5. The number of carbonyl (C=O) groups is 1. The second-order valence-corrected chi connectivity index (χ2v) is 3.29. The van der Waals surface area contributed by atoms with Crippen LogP contribution in [0.4, 0.5) is 19.0 Å². The van der Waals surface area contributed by atoms with Gasteiger partial charge in [0.1, 0.15) is 11.6 Å². The number of aliphatic carboxylic acids is 1. The molecule has 0 atom stereocenters. The van der Waals surface area contributed by atoms with E-state index in [-0.39, 0.29) is 23.6 Å². The Bertz CT molecular complexity index is 462. The quantitative estimate of drug-likeness (QED) is 0.736. The van der Waals surface area contributed by atoms with Crippen molar-refractivity contribution < 1.29 is 27.8 Å². The minimum Gasteiger partial charge on any atom is -0.481 e. The molecule has 9 heteroatoms. The zero-order valence-electron chi connectivity index (χ0n) is 8.99. The average Bonchev–Trinajstić information content (AvgIpc) is 2.13. The molecule has 0 amide bonds. The number of carboxylic acid groups (broad SMARTS) is 1. The van der Waals surface area contributed by atoms with Crippen molar-refractivity contribution in [2.75, 3.05) is 5.73 Å². The summed E-state index contributed by atoms with van der Waals surface area (Å²) in [6, 6.07) is 0.848. The van der Waals surface area contributed by atoms with Crippen molar-refractivity contribution >= 4 is 11.8 Å². The molecule has 1 heterocycles. The Morgan fingerprint density at radius 1 is 1.50 bits per heavy atom. The highest BCUT2D eigenvalue weighted by Crippen LogP contribution is 2.29. The minimum absolute atomic E-state index is 0.135. The summed E-state index contributed by atoms with van der Waals surface area (Å²) in [5.74, 6) is -2.17. The number of nitrogens with zero attached hydrogens (tertiary/aromatic N) is 1. The minimum atomic E-state index is -4.92. The molecule has 18 heavy (non-hydrogen) atoms. The molecule has 1 aromatic rings. The van der Waals surface area contributed by atoms with E-state index in [2.05, 4.69) is 9.72 Å². The fraction of sp³-hybridized carbons (Fsp3) is 0.333. The first-order chi connectivity index (χ1) is 8.23. The molecule has 0 bridgehead atoms. The number of nitrogen functional groups attached to an aromatic ring is 1. The van der Waals surface area contributed by atoms with Crippen LogP contribution in [0.1, 0.15) is 11.3 Å². The molecule has 5 N–H and O–H groups in total. The van der Waals surface area contributed by atoms with Crippen LogP contribution in [0, 0.1) is 0 Å². The van der Waals surface area contributed by atoms with Gasteiger partial charge in [0.05, 0.1) is 12.1 Å². The van der Waals surface area contributed by atoms with Gasteiger partial charge in [-0.15, -0.1) is 13.2 Å². The fourth-order valence-electron chi connectivity index (χ4n) is 1.34. The lowest BCUT2D eigenvalue weighted by molar-refractivity contribution is -0.274. The van der Waals surface area contributed by atoms with Crippen LogP contribution < -0.4 is 16.2 Å². The maximum absolute atomic E-state index is 12.1. The molecule has 1 rings (SSSR count). The van der Waals surface area contributed by atoms with Crippen molar-refractivity contribution in [3.8, 4) is 5.75 Å². The second kappa shape index (κ2) is 5.08. The predicted octanol–water partition coefficient (Wildman–Crippen LogP) is 0.648. The van der Waals surface area contributed by atoms with Gasteiger partial charge in [0.25, 0.3) is 0 Å². The van der Waals surface area contributed by atoms with Gasteiger partial charge in [-0.2, -0.15) is 0 Å². The first kappa shape index (κ1) is 14.0. The molecule has 0 saturated heterocycles. The Hall–Kier alpha value is -2.03. The van der Waals surface area contributed by atoms with Gasteiger partial charge in [-0.3, -0.25) is 4.79 Å². The molecule has 0 aliphatic carbocycles. The molecule has 0 aliphatic heterocycles. The molecule has 100 valence electrons. The lowest BCUT2D eigenvalue weighted by Gasteiger charge is -2.15. The van der Waals surface area contributed by atoms with Gasteiger partial charge < -0.3 is 21.3 Å². The maximum atomic E-state index is 12.1. The Labute approximate surface area is 99.4 Å². The van der Waals surface area contributed by atoms with E-state index in [1.165, 1.54) is 0 Å². The van der Waals surface area contributed by atoms with E-state index >= 15 is 0 Å². The van der Waals surface area contributed by atoms with Gasteiger partial charge in [0.15, 0.2) is 0 Å². The SMILES string of the molecule is NCc1c(OC(F)(F)F)cc(N)nc1CC(=O)O. The van der Waals surface area contributed by atoms with Gasteiger partial charge >= 0.3 is 12.3 Å². The zero-order chi connectivity index (χ0) is 13.9. The summed E-state index contributed by atoms with van der Waals surface area (Å²) in [7, 11) is 0. The third-order valence-corrected chi connectivity index (χ3v) is 1.94. The van der Waals surface area contributed by atoms with E-state index in [9.17, 15) is 18.0 Å². The Morgan fingerprint density at radius 2 is 2.11 bits per heavy atom. The van der Waals surface area contributed by atoms with E-state index in [0.717, 1.165) is 6.07 Å². The number of anilines is 1. The number of pyridine rings is 1. The van der Waals surface area contributed by atoms with E-state index in [1.807, 2.05) is 0 Å². The average molecular weight is 265 g/mol. The van der Waals surface area contributed by atoms with Crippen molar-refractivity contribution in [2.45, 2.75) is 19.3 Å². The van der Waals surface area contributed by atoms with Gasteiger partial charge in [-0.05, 0) is 0 Å². The van der Waals surface area contributed by atoms with Crippen molar-refractivity contribution in [3.05, 3.63) is 17.3 Å². The standard InChI is InChI=1S/C9H10F3N3O3/c10-9(11,12)18-6-2-7(14)15-5(1-8(16)17)4(6)3-13/h2H,1,3,13H2,(H2,14,15)(H,16,17). The number of alkyl halides is 3. The third kappa shape index (κ3) is 3.77. The Balaban J connectivity index is 3.24. The first-order valence-corrected chi connectivity index (χ1v) is 4.69. The number of hydrogen-bond donors (Lipinski definition) is 3. The number of nitrogens with two attached hydrogens (primary N) is 2. The molecule has 0 fully saturated rings. The fourth-order valence-corrected chi connectivity index (χ4v) is 1.34. The molecule has 0 saturated carbocycles. The molecule has 0 spiro atoms. The number of aromatic nitrogens is 1. The molecule has 0 aromatic carbocycles. The summed E-state index contributed by atoms with van der Waals surface area (Å²) in [5, 5.41) is 8.62. The Kier molecular flexibility index (Phi) is 3.96. The predicted molar refractivity (Wildman–Crippen MR) is 54.6 cm³/mol. The molecular formula is C9H10F3N3O3. The van der Waals surface area contributed by atoms with E-state index < -0.39 is 24.5 Å². The van der Waals surface area contributed by atoms with Crippen molar-refractivity contribution in [1.82, 2.24) is 4.98 Å². The first-order valence-electron chi connectivity index (χ1n) is 4.69. The van der Waals surface area contributed by atoms with E-state index in [4.69, 9.17) is 16.6 Å². The lowest BCUT2D eigenvalue weighted by Crippen LogP contribution is -2.20. The zero-order valence-corrected chi connectivity index (χ0v) is 8.99. The van der Waals surface area contributed by atoms with Gasteiger partial charge in [-0.25, -0.2) is 4.98 Å². The molecule has 0 radical (unpaired) electrons. The second-order valence-electron chi connectivity index (χ2n) is 3.29. The van der Waals surface area contributed by atoms with Gasteiger partial charge in [0, 0.05) is 18.2 Å². The summed E-state index contributed by atoms with van der Waals surface area (Å²) >= 11 is 0. The van der Waals surface area contributed by atoms with Crippen LogP contribution in [0.25, 0.3) is 0 Å². The summed E-state index contributed by atoms with van der Waals surface area (Å²) in [5.41, 5.74) is 10.3. The highest BCUT2D eigenvalue weighted by atomic mass is 19.4. The van der Waals surface area contributed by atoms with Crippen molar-refractivity contribution in [2.24, 2.45) is 5.73 Å². The number of rotatable bonds is 4. The molecular weight excluding hydrogens is 255 g/mol. The van der Waals surface area contributed by atoms with Gasteiger partial charge in [-0.1, -0.05) is 0 Å². The van der Waals surface area contributed by atoms with Crippen molar-refractivity contribution in [1.29, 1.82) is 0 Å². The molecule has 1 aromatic heterocycles. The van der Waals surface area contributed by atoms with Crippen LogP contribution in [0.2, 0.25) is 0 Å².